The van der Waals surface area contributed by atoms with E-state index in [1.165, 1.54) is 20.8 Å². The maximum atomic E-state index is 13.0. The number of rotatable bonds is 5. The number of aliphatic hydroxyl groups is 2. The van der Waals surface area contributed by atoms with Crippen LogP contribution in [0, 0.1) is 16.7 Å². The smallest absolute Gasteiger partial charge is 0.338 e. The fourth-order valence-electron chi connectivity index (χ4n) is 4.66. The third-order valence-corrected chi connectivity index (χ3v) is 7.61. The van der Waals surface area contributed by atoms with Crippen LogP contribution in [-0.2, 0) is 19.1 Å². The lowest BCUT2D eigenvalue weighted by Crippen LogP contribution is -2.71. The van der Waals surface area contributed by atoms with Crippen LogP contribution in [0.4, 0.5) is 0 Å². The molecule has 1 heterocycles. The number of carbonyl (C=O) groups excluding carboxylic acids is 3. The van der Waals surface area contributed by atoms with Crippen LogP contribution in [0.25, 0.3) is 0 Å². The van der Waals surface area contributed by atoms with Crippen LogP contribution in [0.2, 0.25) is 0 Å². The minimum absolute atomic E-state index is 0.0469. The van der Waals surface area contributed by atoms with Crippen molar-refractivity contribution >= 4 is 41.0 Å². The molecule has 32 heavy (non-hydrogen) atoms. The van der Waals surface area contributed by atoms with Gasteiger partial charge in [0.25, 0.3) is 0 Å². The number of hydrogen-bond acceptors (Lipinski definition) is 7. The van der Waals surface area contributed by atoms with Gasteiger partial charge in [0.15, 0.2) is 5.60 Å². The minimum Gasteiger partial charge on any atom is -0.511 e. The van der Waals surface area contributed by atoms with E-state index in [0.717, 1.165) is 0 Å². The van der Waals surface area contributed by atoms with Gasteiger partial charge in [0.1, 0.15) is 16.6 Å². The summed E-state index contributed by atoms with van der Waals surface area (Å²) in [4.78, 5) is 36.7. The third-order valence-electron chi connectivity index (χ3n) is 6.75. The predicted octanol–water partition coefficient (Wildman–Crippen LogP) is 1.30. The van der Waals surface area contributed by atoms with Gasteiger partial charge in [-0.05, 0) is 20.8 Å². The Labute approximate surface area is 198 Å². The number of nitrogens with one attached hydrogen (secondary N) is 2. The van der Waals surface area contributed by atoms with E-state index in [4.69, 9.17) is 33.7 Å². The highest BCUT2D eigenvalue weighted by Crippen LogP contribution is 2.57. The average Bonchev–Trinajstić information content (AvgIpc) is 2.66. The zero-order valence-corrected chi connectivity index (χ0v) is 20.8. The molecule has 11 heteroatoms. The summed E-state index contributed by atoms with van der Waals surface area (Å²) in [5, 5.41) is 27.3. The summed E-state index contributed by atoms with van der Waals surface area (Å²) in [7, 11) is 0. The average molecular weight is 494 g/mol. The van der Waals surface area contributed by atoms with Gasteiger partial charge >= 0.3 is 5.97 Å². The highest BCUT2D eigenvalue weighted by molar-refractivity contribution is 6.45. The van der Waals surface area contributed by atoms with E-state index >= 15 is 0 Å². The number of carbonyl (C=O) groups is 3. The second kappa shape index (κ2) is 8.66. The lowest BCUT2D eigenvalue weighted by Gasteiger charge is -2.57. The molecule has 9 nitrogen and oxygen atoms in total. The first-order chi connectivity index (χ1) is 14.4. The molecule has 0 radical (unpaired) electrons. The van der Waals surface area contributed by atoms with Crippen LogP contribution < -0.4 is 16.4 Å². The summed E-state index contributed by atoms with van der Waals surface area (Å²) < 4.78 is 5.59. The van der Waals surface area contributed by atoms with Crippen molar-refractivity contribution in [1.29, 1.82) is 0 Å². The first-order valence-corrected chi connectivity index (χ1v) is 11.3. The Morgan fingerprint density at radius 2 is 1.66 bits per heavy atom. The van der Waals surface area contributed by atoms with Crippen molar-refractivity contribution in [3.05, 3.63) is 11.3 Å². The maximum absolute atomic E-state index is 13.0. The van der Waals surface area contributed by atoms with E-state index in [1.54, 1.807) is 27.7 Å². The summed E-state index contributed by atoms with van der Waals surface area (Å²) in [5.74, 6) is -3.16. The molecule has 182 valence electrons. The number of alkyl halides is 2. The predicted molar refractivity (Wildman–Crippen MR) is 120 cm³/mol. The maximum Gasteiger partial charge on any atom is 0.338 e. The lowest BCUT2D eigenvalue weighted by atomic mass is 9.53. The zero-order valence-electron chi connectivity index (χ0n) is 19.3. The van der Waals surface area contributed by atoms with Crippen molar-refractivity contribution < 1.29 is 29.3 Å². The molecular formula is C21H33Cl2N3O6. The molecule has 1 fully saturated rings. The van der Waals surface area contributed by atoms with E-state index in [0.29, 0.717) is 0 Å². The van der Waals surface area contributed by atoms with Crippen molar-refractivity contribution in [2.45, 2.75) is 83.1 Å². The highest BCUT2D eigenvalue weighted by atomic mass is 35.5. The minimum atomic E-state index is -1.59. The molecule has 0 bridgehead atoms. The number of ether oxygens (including phenoxy) is 1. The van der Waals surface area contributed by atoms with Gasteiger partial charge in [0.2, 0.25) is 11.8 Å². The molecule has 0 aromatic heterocycles. The monoisotopic (exact) mass is 493 g/mol. The number of aliphatic hydroxyl groups excluding tert-OH is 2. The van der Waals surface area contributed by atoms with Crippen molar-refractivity contribution in [3.8, 4) is 0 Å². The molecule has 0 saturated carbocycles. The fourth-order valence-corrected chi connectivity index (χ4v) is 5.02. The Balaban J connectivity index is 2.59. The summed E-state index contributed by atoms with van der Waals surface area (Å²) in [5.41, 5.74) is 1.76. The molecule has 0 aromatic carbocycles. The summed E-state index contributed by atoms with van der Waals surface area (Å²) >= 11 is 12.4. The van der Waals surface area contributed by atoms with Gasteiger partial charge in [-0.2, -0.15) is 0 Å². The number of esters is 1. The normalized spacial score (nSPS) is 33.1. The van der Waals surface area contributed by atoms with Gasteiger partial charge < -0.3 is 31.3 Å². The molecule has 1 aliphatic carbocycles. The fraction of sp³-hybridized carbons (Fsp3) is 0.762. The second-order valence-electron chi connectivity index (χ2n) is 10.1. The molecule has 0 unspecified atom stereocenters. The summed E-state index contributed by atoms with van der Waals surface area (Å²) in [6.45, 7) is 11.1. The number of cyclic esters (lactones) is 1. The van der Waals surface area contributed by atoms with E-state index < -0.39 is 69.2 Å². The molecular weight excluding hydrogens is 461 g/mol. The SMILES string of the molecule is C[C@H](N)C(=O)N[C@@H](C)C(=O)N[C@@H]1[C@H]2C(=C(O)C(C)(C)[C@@H](O)C2(C)C)C(=O)O[C@]1(C)C(Cl)Cl. The Hall–Kier alpha value is -1.55. The van der Waals surface area contributed by atoms with E-state index in [1.807, 2.05) is 0 Å². The second-order valence-corrected chi connectivity index (χ2v) is 11.2. The number of halogens is 2. The van der Waals surface area contributed by atoms with Crippen molar-refractivity contribution in [3.63, 3.8) is 0 Å². The highest BCUT2D eigenvalue weighted by Gasteiger charge is 2.65. The van der Waals surface area contributed by atoms with Crippen LogP contribution in [0.5, 0.6) is 0 Å². The van der Waals surface area contributed by atoms with Crippen LogP contribution in [0.3, 0.4) is 0 Å². The molecule has 2 aliphatic rings. The topological polar surface area (TPSA) is 151 Å². The molecule has 2 amide bonds. The van der Waals surface area contributed by atoms with Gasteiger partial charge in [0, 0.05) is 16.7 Å². The van der Waals surface area contributed by atoms with Gasteiger partial charge in [-0.1, -0.05) is 27.7 Å². The molecule has 2 rings (SSSR count). The number of fused-ring (bicyclic) bond motifs is 1. The molecule has 0 spiro atoms. The van der Waals surface area contributed by atoms with E-state index in [-0.39, 0.29) is 11.3 Å². The van der Waals surface area contributed by atoms with E-state index in [9.17, 15) is 24.6 Å². The molecule has 6 atom stereocenters. The standard InChI is InChI=1S/C21H33Cl2N3O6/c1-8(24)14(28)25-9(2)15(29)26-12-11-10(16(30)32-21(12,7)18(22)23)13(27)20(5,6)17(31)19(11,3)4/h8-9,11-12,17-18,27,31H,24H2,1-7H3,(H,25,28)(H,26,29)/t8-,9-,11+,12+,17-,21-/m0/s1. The number of hydrogen-bond donors (Lipinski definition) is 5. The number of amides is 2. The molecule has 1 aliphatic heterocycles. The summed E-state index contributed by atoms with van der Waals surface area (Å²) in [6.07, 6.45) is -1.09. The van der Waals surface area contributed by atoms with Crippen LogP contribution >= 0.6 is 23.2 Å². The number of nitrogens with two attached hydrogens (primary N) is 1. The lowest BCUT2D eigenvalue weighted by molar-refractivity contribution is -0.180. The Kier molecular flexibility index (Phi) is 7.23. The van der Waals surface area contributed by atoms with Crippen molar-refractivity contribution in [1.82, 2.24) is 10.6 Å². The van der Waals surface area contributed by atoms with Crippen LogP contribution in [0.15, 0.2) is 11.3 Å². The van der Waals surface area contributed by atoms with Gasteiger partial charge in [-0.25, -0.2) is 4.79 Å². The third kappa shape index (κ3) is 4.20. The first kappa shape index (κ1) is 26.7. The molecule has 1 saturated heterocycles. The van der Waals surface area contributed by atoms with Gasteiger partial charge in [-0.15, -0.1) is 23.2 Å². The van der Waals surface area contributed by atoms with Crippen molar-refractivity contribution in [2.75, 3.05) is 0 Å². The van der Waals surface area contributed by atoms with Crippen molar-refractivity contribution in [2.24, 2.45) is 22.5 Å². The van der Waals surface area contributed by atoms with E-state index in [2.05, 4.69) is 10.6 Å². The zero-order chi connectivity index (χ0) is 25.0. The van der Waals surface area contributed by atoms with Gasteiger partial charge in [-0.3, -0.25) is 9.59 Å². The van der Waals surface area contributed by atoms with Gasteiger partial charge in [0.05, 0.1) is 23.8 Å². The Morgan fingerprint density at radius 1 is 1.12 bits per heavy atom. The molecule has 6 N–H and O–H groups in total. The van der Waals surface area contributed by atoms with Crippen LogP contribution in [0.1, 0.15) is 48.5 Å². The largest absolute Gasteiger partial charge is 0.511 e. The quantitative estimate of drug-likeness (QED) is 0.286. The summed E-state index contributed by atoms with van der Waals surface area (Å²) in [6, 6.07) is -2.82. The molecule has 0 aromatic rings. The first-order valence-electron chi connectivity index (χ1n) is 10.4. The van der Waals surface area contributed by atoms with Crippen LogP contribution in [-0.4, -0.2) is 62.7 Å². The Morgan fingerprint density at radius 3 is 2.12 bits per heavy atom. The Bertz CT molecular complexity index is 841.